The van der Waals surface area contributed by atoms with Crippen LogP contribution in [-0.4, -0.2) is 62.9 Å². The fraction of sp³-hybridized carbons (Fsp3) is 0.333. The predicted octanol–water partition coefficient (Wildman–Crippen LogP) is 3.14. The van der Waals surface area contributed by atoms with Gasteiger partial charge in [0.05, 0.1) is 28.4 Å². The molecule has 0 unspecified atom stereocenters. The number of benzene rings is 2. The number of carbonyl (C=O) groups is 1. The summed E-state index contributed by atoms with van der Waals surface area (Å²) in [5, 5.41) is 21.8. The summed E-state index contributed by atoms with van der Waals surface area (Å²) in [6.45, 7) is 0.986. The number of aromatic nitrogens is 4. The maximum absolute atomic E-state index is 13.5. The third kappa shape index (κ3) is 4.11. The van der Waals surface area contributed by atoms with Crippen molar-refractivity contribution in [2.24, 2.45) is 0 Å². The highest BCUT2D eigenvalue weighted by molar-refractivity contribution is 6.42. The smallest absolute Gasteiger partial charge is 0.257 e. The number of halogens is 2. The van der Waals surface area contributed by atoms with Gasteiger partial charge in [0, 0.05) is 25.1 Å². The van der Waals surface area contributed by atoms with Crippen molar-refractivity contribution in [3.63, 3.8) is 0 Å². The van der Waals surface area contributed by atoms with Crippen LogP contribution in [0.3, 0.4) is 0 Å². The van der Waals surface area contributed by atoms with E-state index in [1.54, 1.807) is 29.2 Å². The van der Waals surface area contributed by atoms with Crippen molar-refractivity contribution in [3.8, 4) is 11.4 Å². The lowest BCUT2D eigenvalue weighted by Gasteiger charge is -2.30. The molecular weight excluding hydrogens is 441 g/mol. The largest absolute Gasteiger partial charge is 0.496 e. The molecule has 0 spiro atoms. The first-order valence-electron chi connectivity index (χ1n) is 9.74. The monoisotopic (exact) mass is 461 g/mol. The summed E-state index contributed by atoms with van der Waals surface area (Å²) in [6, 6.07) is 10.7. The highest BCUT2D eigenvalue weighted by Crippen LogP contribution is 2.40. The summed E-state index contributed by atoms with van der Waals surface area (Å²) in [6.07, 6.45) is 2.67. The zero-order valence-electron chi connectivity index (χ0n) is 16.8. The van der Waals surface area contributed by atoms with Crippen LogP contribution in [-0.2, 0) is 5.41 Å². The zero-order chi connectivity index (χ0) is 22.0. The van der Waals surface area contributed by atoms with Gasteiger partial charge < -0.3 is 14.7 Å². The molecule has 162 valence electrons. The Balaban J connectivity index is 1.65. The van der Waals surface area contributed by atoms with E-state index in [0.717, 1.165) is 5.56 Å². The molecule has 0 saturated carbocycles. The second kappa shape index (κ2) is 8.82. The molecule has 1 aromatic heterocycles. The SMILES string of the molecule is COc1ccc(-n2cnnn2)cc1C(=O)N1CC[C@](CCO)(c2ccc(Cl)c(Cl)c2)C1. The van der Waals surface area contributed by atoms with Gasteiger partial charge >= 0.3 is 0 Å². The molecule has 1 N–H and O–H groups in total. The number of ether oxygens (including phenoxy) is 1. The first kappa shape index (κ1) is 21.5. The number of hydrogen-bond donors (Lipinski definition) is 1. The average molecular weight is 462 g/mol. The normalized spacial score (nSPS) is 18.4. The quantitative estimate of drug-likeness (QED) is 0.605. The standard InChI is InChI=1S/C21H21Cl2N5O3/c1-31-19-5-3-15(28-13-24-25-26-28)11-16(19)20(30)27-8-6-21(12-27,7-9-29)14-2-4-17(22)18(23)10-14/h2-5,10-11,13,29H,6-9,12H2,1H3/t21-/m1/s1. The molecule has 3 aromatic rings. The lowest BCUT2D eigenvalue weighted by atomic mass is 9.77. The first-order valence-corrected chi connectivity index (χ1v) is 10.5. The molecule has 8 nitrogen and oxygen atoms in total. The van der Waals surface area contributed by atoms with Gasteiger partial charge in [0.25, 0.3) is 5.91 Å². The minimum absolute atomic E-state index is 0.000378. The molecule has 1 amide bonds. The Morgan fingerprint density at radius 2 is 2.06 bits per heavy atom. The minimum Gasteiger partial charge on any atom is -0.496 e. The first-order chi connectivity index (χ1) is 15.0. The number of aliphatic hydroxyl groups is 1. The van der Waals surface area contributed by atoms with Gasteiger partial charge in [-0.25, -0.2) is 4.68 Å². The van der Waals surface area contributed by atoms with Crippen LogP contribution in [0, 0.1) is 0 Å². The van der Waals surface area contributed by atoms with Gasteiger partial charge in [-0.05, 0) is 59.2 Å². The summed E-state index contributed by atoms with van der Waals surface area (Å²) in [5.74, 6) is 0.308. The van der Waals surface area contributed by atoms with Gasteiger partial charge in [0.2, 0.25) is 0 Å². The molecule has 1 fully saturated rings. The van der Waals surface area contributed by atoms with E-state index in [4.69, 9.17) is 27.9 Å². The van der Waals surface area contributed by atoms with Crippen LogP contribution in [0.4, 0.5) is 0 Å². The van der Waals surface area contributed by atoms with Crippen molar-refractivity contribution in [1.29, 1.82) is 0 Å². The minimum atomic E-state index is -0.403. The molecular formula is C21H21Cl2N5O3. The number of methoxy groups -OCH3 is 1. The van der Waals surface area contributed by atoms with E-state index in [-0.39, 0.29) is 12.5 Å². The second-order valence-electron chi connectivity index (χ2n) is 7.50. The van der Waals surface area contributed by atoms with Crippen molar-refractivity contribution in [1.82, 2.24) is 25.1 Å². The lowest BCUT2D eigenvalue weighted by molar-refractivity contribution is 0.0776. The highest BCUT2D eigenvalue weighted by Gasteiger charge is 2.41. The third-order valence-electron chi connectivity index (χ3n) is 5.79. The Morgan fingerprint density at radius 3 is 2.74 bits per heavy atom. The van der Waals surface area contributed by atoms with Crippen molar-refractivity contribution in [3.05, 3.63) is 63.9 Å². The number of aliphatic hydroxyl groups excluding tert-OH is 1. The second-order valence-corrected chi connectivity index (χ2v) is 8.31. The number of hydrogen-bond acceptors (Lipinski definition) is 6. The average Bonchev–Trinajstić information content (AvgIpc) is 3.46. The summed E-state index contributed by atoms with van der Waals surface area (Å²) in [4.78, 5) is 15.2. The summed E-state index contributed by atoms with van der Waals surface area (Å²) < 4.78 is 6.91. The van der Waals surface area contributed by atoms with E-state index in [2.05, 4.69) is 15.5 Å². The molecule has 0 bridgehead atoms. The van der Waals surface area contributed by atoms with Crippen molar-refractivity contribution >= 4 is 29.1 Å². The molecule has 1 aliphatic rings. The lowest BCUT2D eigenvalue weighted by Crippen LogP contribution is -2.35. The predicted molar refractivity (Wildman–Crippen MR) is 116 cm³/mol. The number of rotatable bonds is 6. The molecule has 31 heavy (non-hydrogen) atoms. The molecule has 0 radical (unpaired) electrons. The van der Waals surface area contributed by atoms with Gasteiger partial charge in [0.1, 0.15) is 12.1 Å². The van der Waals surface area contributed by atoms with E-state index in [1.165, 1.54) is 18.1 Å². The van der Waals surface area contributed by atoms with Crippen LogP contribution < -0.4 is 4.74 Å². The fourth-order valence-corrected chi connectivity index (χ4v) is 4.42. The Hall–Kier alpha value is -2.68. The Bertz CT molecular complexity index is 1090. The van der Waals surface area contributed by atoms with Gasteiger partial charge in [-0.1, -0.05) is 29.3 Å². The number of likely N-dealkylation sites (tertiary alicyclic amines) is 1. The zero-order valence-corrected chi connectivity index (χ0v) is 18.3. The highest BCUT2D eigenvalue weighted by atomic mass is 35.5. The van der Waals surface area contributed by atoms with Gasteiger partial charge in [-0.3, -0.25) is 4.79 Å². The molecule has 1 aliphatic heterocycles. The van der Waals surface area contributed by atoms with Gasteiger partial charge in [-0.15, -0.1) is 5.10 Å². The maximum atomic E-state index is 13.5. The molecule has 2 aromatic carbocycles. The van der Waals surface area contributed by atoms with Gasteiger partial charge in [0.15, 0.2) is 0 Å². The number of amides is 1. The Labute approximate surface area is 189 Å². The topological polar surface area (TPSA) is 93.4 Å². The van der Waals surface area contributed by atoms with E-state index < -0.39 is 5.41 Å². The van der Waals surface area contributed by atoms with Gasteiger partial charge in [-0.2, -0.15) is 0 Å². The van der Waals surface area contributed by atoms with Crippen molar-refractivity contribution in [2.75, 3.05) is 26.8 Å². The number of carbonyl (C=O) groups excluding carboxylic acids is 1. The molecule has 1 atom stereocenters. The van der Waals surface area contributed by atoms with Crippen LogP contribution in [0.2, 0.25) is 10.0 Å². The fourth-order valence-electron chi connectivity index (χ4n) is 4.13. The van der Waals surface area contributed by atoms with Crippen LogP contribution in [0.1, 0.15) is 28.8 Å². The Morgan fingerprint density at radius 1 is 1.23 bits per heavy atom. The van der Waals surface area contributed by atoms with Crippen LogP contribution >= 0.6 is 23.2 Å². The molecule has 4 rings (SSSR count). The summed E-state index contributed by atoms with van der Waals surface area (Å²) in [5.41, 5.74) is 1.63. The van der Waals surface area contributed by atoms with E-state index in [9.17, 15) is 9.90 Å². The van der Waals surface area contributed by atoms with E-state index >= 15 is 0 Å². The molecule has 2 heterocycles. The van der Waals surface area contributed by atoms with Crippen LogP contribution in [0.15, 0.2) is 42.7 Å². The van der Waals surface area contributed by atoms with E-state index in [1.807, 2.05) is 12.1 Å². The van der Waals surface area contributed by atoms with Crippen LogP contribution in [0.5, 0.6) is 5.75 Å². The number of tetrazole rings is 1. The van der Waals surface area contributed by atoms with Crippen LogP contribution in [0.25, 0.3) is 5.69 Å². The van der Waals surface area contributed by atoms with Crippen molar-refractivity contribution < 1.29 is 14.6 Å². The molecule has 0 aliphatic carbocycles. The summed E-state index contributed by atoms with van der Waals surface area (Å²) >= 11 is 12.3. The Kier molecular flexibility index (Phi) is 6.13. The number of nitrogens with zero attached hydrogens (tertiary/aromatic N) is 5. The maximum Gasteiger partial charge on any atom is 0.257 e. The summed E-state index contributed by atoms with van der Waals surface area (Å²) in [7, 11) is 1.53. The third-order valence-corrected chi connectivity index (χ3v) is 6.53. The van der Waals surface area contributed by atoms with E-state index in [0.29, 0.717) is 53.0 Å². The molecule has 10 heteroatoms. The molecule has 1 saturated heterocycles. The van der Waals surface area contributed by atoms with Crippen molar-refractivity contribution in [2.45, 2.75) is 18.3 Å².